The largest absolute Gasteiger partial charge is 0.349 e. The minimum absolute atomic E-state index is 0.0445. The van der Waals surface area contributed by atoms with Gasteiger partial charge in [0.25, 0.3) is 0 Å². The van der Waals surface area contributed by atoms with Crippen LogP contribution in [0.1, 0.15) is 19.5 Å². The highest BCUT2D eigenvalue weighted by molar-refractivity contribution is 7.07. The van der Waals surface area contributed by atoms with Gasteiger partial charge in [-0.25, -0.2) is 4.98 Å². The van der Waals surface area contributed by atoms with Crippen molar-refractivity contribution in [3.8, 4) is 0 Å². The molecular formula is C11H18N4O2S. The lowest BCUT2D eigenvalue weighted by atomic mass is 10.1. The lowest BCUT2D eigenvalue weighted by Gasteiger charge is -2.14. The van der Waals surface area contributed by atoms with Crippen molar-refractivity contribution < 1.29 is 9.59 Å². The lowest BCUT2D eigenvalue weighted by Crippen LogP contribution is -2.47. The van der Waals surface area contributed by atoms with Gasteiger partial charge in [-0.2, -0.15) is 0 Å². The summed E-state index contributed by atoms with van der Waals surface area (Å²) in [5, 5.41) is 7.01. The van der Waals surface area contributed by atoms with Gasteiger partial charge in [0.15, 0.2) is 0 Å². The van der Waals surface area contributed by atoms with E-state index >= 15 is 0 Å². The molecular weight excluding hydrogens is 252 g/mol. The topological polar surface area (TPSA) is 97.1 Å². The van der Waals surface area contributed by atoms with Gasteiger partial charge in [0.05, 0.1) is 30.3 Å². The molecule has 0 spiro atoms. The fourth-order valence-electron chi connectivity index (χ4n) is 1.16. The quantitative estimate of drug-likeness (QED) is 0.670. The van der Waals surface area contributed by atoms with E-state index in [0.29, 0.717) is 6.54 Å². The van der Waals surface area contributed by atoms with E-state index in [-0.39, 0.29) is 24.3 Å². The number of hydrogen-bond donors (Lipinski definition) is 3. The molecule has 0 aliphatic rings. The summed E-state index contributed by atoms with van der Waals surface area (Å²) in [6.07, 6.45) is 0. The molecule has 2 amide bonds. The third-order valence-corrected chi connectivity index (χ3v) is 3.03. The van der Waals surface area contributed by atoms with Gasteiger partial charge in [0.1, 0.15) is 0 Å². The summed E-state index contributed by atoms with van der Waals surface area (Å²) in [6.45, 7) is 4.01. The third kappa shape index (κ3) is 4.80. The molecule has 4 N–H and O–H groups in total. The minimum atomic E-state index is -0.587. The molecule has 0 aliphatic carbocycles. The molecule has 0 unspecified atom stereocenters. The Balaban J connectivity index is 2.23. The van der Waals surface area contributed by atoms with Crippen LogP contribution in [0.15, 0.2) is 10.9 Å². The van der Waals surface area contributed by atoms with Gasteiger partial charge >= 0.3 is 0 Å². The van der Waals surface area contributed by atoms with Crippen LogP contribution in [0.4, 0.5) is 0 Å². The number of thiazole rings is 1. The highest BCUT2D eigenvalue weighted by atomic mass is 32.1. The Kier molecular flexibility index (Phi) is 5.73. The second kappa shape index (κ2) is 7.07. The molecule has 0 aromatic carbocycles. The molecule has 0 radical (unpaired) electrons. The molecule has 1 atom stereocenters. The lowest BCUT2D eigenvalue weighted by molar-refractivity contribution is -0.127. The highest BCUT2D eigenvalue weighted by Gasteiger charge is 2.17. The highest BCUT2D eigenvalue weighted by Crippen LogP contribution is 1.99. The molecule has 1 rings (SSSR count). The van der Waals surface area contributed by atoms with E-state index in [9.17, 15) is 9.59 Å². The predicted octanol–water partition coefficient (Wildman–Crippen LogP) is -0.141. The van der Waals surface area contributed by atoms with Crippen LogP contribution in [-0.4, -0.2) is 29.4 Å². The number of nitrogens with one attached hydrogen (secondary N) is 2. The smallest absolute Gasteiger partial charge is 0.239 e. The molecule has 0 bridgehead atoms. The average molecular weight is 270 g/mol. The second-order valence-electron chi connectivity index (χ2n) is 4.24. The van der Waals surface area contributed by atoms with Gasteiger partial charge in [-0.05, 0) is 5.92 Å². The van der Waals surface area contributed by atoms with Gasteiger partial charge in [-0.15, -0.1) is 11.3 Å². The zero-order valence-electron chi connectivity index (χ0n) is 10.5. The van der Waals surface area contributed by atoms with Crippen molar-refractivity contribution in [2.24, 2.45) is 11.7 Å². The molecule has 1 aromatic heterocycles. The average Bonchev–Trinajstić information content (AvgIpc) is 2.85. The Morgan fingerprint density at radius 2 is 2.17 bits per heavy atom. The van der Waals surface area contributed by atoms with E-state index in [4.69, 9.17) is 5.73 Å². The number of carbonyl (C=O) groups excluding carboxylic acids is 2. The van der Waals surface area contributed by atoms with Crippen LogP contribution in [-0.2, 0) is 16.1 Å². The third-order valence-electron chi connectivity index (χ3n) is 2.39. The van der Waals surface area contributed by atoms with Crippen LogP contribution >= 0.6 is 11.3 Å². The van der Waals surface area contributed by atoms with Crippen LogP contribution in [0, 0.1) is 5.92 Å². The number of nitrogens with zero attached hydrogens (tertiary/aromatic N) is 1. The summed E-state index contributed by atoms with van der Waals surface area (Å²) in [4.78, 5) is 27.0. The van der Waals surface area contributed by atoms with Crippen molar-refractivity contribution in [3.63, 3.8) is 0 Å². The summed E-state index contributed by atoms with van der Waals surface area (Å²) in [5.41, 5.74) is 8.15. The van der Waals surface area contributed by atoms with Crippen molar-refractivity contribution in [2.45, 2.75) is 26.4 Å². The van der Waals surface area contributed by atoms with Crippen molar-refractivity contribution in [1.29, 1.82) is 0 Å². The normalized spacial score (nSPS) is 12.2. The monoisotopic (exact) mass is 270 g/mol. The summed E-state index contributed by atoms with van der Waals surface area (Å²) in [5.74, 6) is -0.524. The van der Waals surface area contributed by atoms with Crippen molar-refractivity contribution in [2.75, 3.05) is 6.54 Å². The molecule has 0 saturated heterocycles. The first kappa shape index (κ1) is 14.6. The molecule has 1 aromatic rings. The molecule has 1 heterocycles. The molecule has 100 valence electrons. The number of carbonyl (C=O) groups is 2. The maximum Gasteiger partial charge on any atom is 0.239 e. The number of aromatic nitrogens is 1. The molecule has 0 saturated carbocycles. The van der Waals surface area contributed by atoms with Crippen molar-refractivity contribution in [3.05, 3.63) is 16.6 Å². The van der Waals surface area contributed by atoms with Gasteiger partial charge in [-0.3, -0.25) is 9.59 Å². The van der Waals surface area contributed by atoms with Gasteiger partial charge in [0.2, 0.25) is 11.8 Å². The van der Waals surface area contributed by atoms with E-state index in [0.717, 1.165) is 5.69 Å². The van der Waals surface area contributed by atoms with Crippen LogP contribution in [0.2, 0.25) is 0 Å². The van der Waals surface area contributed by atoms with E-state index in [1.54, 1.807) is 5.51 Å². The Bertz CT molecular complexity index is 392. The summed E-state index contributed by atoms with van der Waals surface area (Å²) >= 11 is 1.47. The molecule has 18 heavy (non-hydrogen) atoms. The maximum absolute atomic E-state index is 11.5. The Morgan fingerprint density at radius 1 is 1.44 bits per heavy atom. The number of amides is 2. The van der Waals surface area contributed by atoms with Gasteiger partial charge < -0.3 is 16.4 Å². The maximum atomic E-state index is 11.5. The fourth-order valence-corrected chi connectivity index (χ4v) is 1.72. The van der Waals surface area contributed by atoms with Crippen LogP contribution < -0.4 is 16.4 Å². The summed E-state index contributed by atoms with van der Waals surface area (Å²) in [7, 11) is 0. The van der Waals surface area contributed by atoms with E-state index < -0.39 is 6.04 Å². The van der Waals surface area contributed by atoms with Crippen molar-refractivity contribution in [1.82, 2.24) is 15.6 Å². The SMILES string of the molecule is CC(C)[C@H](N)C(=O)NCC(=O)NCc1cscn1. The Labute approximate surface area is 110 Å². The fraction of sp³-hybridized carbons (Fsp3) is 0.545. The summed E-state index contributed by atoms with van der Waals surface area (Å²) in [6, 6.07) is -0.587. The first-order chi connectivity index (χ1) is 8.50. The molecule has 6 nitrogen and oxygen atoms in total. The first-order valence-corrected chi connectivity index (χ1v) is 6.62. The first-order valence-electron chi connectivity index (χ1n) is 5.67. The molecule has 7 heteroatoms. The van der Waals surface area contributed by atoms with E-state index in [1.807, 2.05) is 19.2 Å². The van der Waals surface area contributed by atoms with Crippen LogP contribution in [0.5, 0.6) is 0 Å². The second-order valence-corrected chi connectivity index (χ2v) is 4.96. The summed E-state index contributed by atoms with van der Waals surface area (Å²) < 4.78 is 0. The van der Waals surface area contributed by atoms with Gasteiger partial charge in [-0.1, -0.05) is 13.8 Å². The standard InChI is InChI=1S/C11H18N4O2S/c1-7(2)10(12)11(17)14-4-9(16)13-3-8-5-18-6-15-8/h5-7,10H,3-4,12H2,1-2H3,(H,13,16)(H,14,17)/t10-/m0/s1. The number of hydrogen-bond acceptors (Lipinski definition) is 5. The minimum Gasteiger partial charge on any atom is -0.349 e. The Hall–Kier alpha value is -1.47. The zero-order valence-corrected chi connectivity index (χ0v) is 11.3. The van der Waals surface area contributed by atoms with Gasteiger partial charge in [0, 0.05) is 5.38 Å². The number of rotatable bonds is 6. The Morgan fingerprint density at radius 3 is 2.72 bits per heavy atom. The van der Waals surface area contributed by atoms with Crippen LogP contribution in [0.25, 0.3) is 0 Å². The zero-order chi connectivity index (χ0) is 13.5. The van der Waals surface area contributed by atoms with E-state index in [1.165, 1.54) is 11.3 Å². The van der Waals surface area contributed by atoms with E-state index in [2.05, 4.69) is 15.6 Å². The molecule has 0 aliphatic heterocycles. The van der Waals surface area contributed by atoms with Crippen molar-refractivity contribution >= 4 is 23.2 Å². The molecule has 0 fully saturated rings. The van der Waals surface area contributed by atoms with Crippen LogP contribution in [0.3, 0.4) is 0 Å². The predicted molar refractivity (Wildman–Crippen MR) is 69.8 cm³/mol. The number of nitrogens with two attached hydrogens (primary N) is 1.